The fourth-order valence-electron chi connectivity index (χ4n) is 3.15. The molecular formula is C20H23N7O3S. The van der Waals surface area contributed by atoms with Crippen LogP contribution in [0.1, 0.15) is 30.3 Å². The van der Waals surface area contributed by atoms with Crippen molar-refractivity contribution in [3.05, 3.63) is 30.0 Å². The molecule has 1 aromatic heterocycles. The van der Waals surface area contributed by atoms with Crippen molar-refractivity contribution in [1.29, 1.82) is 0 Å². The van der Waals surface area contributed by atoms with E-state index in [4.69, 9.17) is 5.73 Å². The molecule has 1 fully saturated rings. The summed E-state index contributed by atoms with van der Waals surface area (Å²) in [4.78, 5) is 30.5. The van der Waals surface area contributed by atoms with Crippen molar-refractivity contribution in [1.82, 2.24) is 20.1 Å². The van der Waals surface area contributed by atoms with Crippen LogP contribution in [-0.4, -0.2) is 61.5 Å². The number of rotatable bonds is 6. The number of aromatic nitrogens is 3. The third kappa shape index (κ3) is 5.76. The van der Waals surface area contributed by atoms with Crippen LogP contribution in [-0.2, 0) is 15.6 Å². The van der Waals surface area contributed by atoms with Gasteiger partial charge in [-0.3, -0.25) is 13.8 Å². The summed E-state index contributed by atoms with van der Waals surface area (Å²) in [5.41, 5.74) is 5.92. The van der Waals surface area contributed by atoms with Crippen LogP contribution in [0.5, 0.6) is 0 Å². The first-order valence-electron chi connectivity index (χ1n) is 9.60. The molecule has 2 heterocycles. The molecule has 1 saturated heterocycles. The Bertz CT molecular complexity index is 1060. The molecule has 1 aliphatic heterocycles. The average Bonchev–Trinajstić information content (AvgIpc) is 2.74. The maximum atomic E-state index is 12.0. The maximum absolute atomic E-state index is 12.0. The number of hydrogen-bond acceptors (Lipinski definition) is 8. The SMILES string of the molecule is CC#CC(=O)N1CCCC(Nc2nnc(C(N)=O)c(Nc3ccc(S(C)=O)cc3)n2)C1. The third-order valence-corrected chi connectivity index (χ3v) is 5.58. The molecule has 2 aromatic rings. The van der Waals surface area contributed by atoms with Crippen LogP contribution >= 0.6 is 0 Å². The number of likely N-dealkylation sites (tertiary alicyclic amines) is 1. The number of piperidine rings is 1. The lowest BCUT2D eigenvalue weighted by Gasteiger charge is -2.31. The molecule has 0 spiro atoms. The van der Waals surface area contributed by atoms with E-state index < -0.39 is 16.7 Å². The smallest absolute Gasteiger partial charge is 0.298 e. The Kier molecular flexibility index (Phi) is 7.15. The van der Waals surface area contributed by atoms with Gasteiger partial charge in [0.1, 0.15) is 0 Å². The van der Waals surface area contributed by atoms with Crippen molar-refractivity contribution in [2.24, 2.45) is 5.73 Å². The Morgan fingerprint density at radius 2 is 2.00 bits per heavy atom. The summed E-state index contributed by atoms with van der Waals surface area (Å²) in [7, 11) is -1.10. The highest BCUT2D eigenvalue weighted by molar-refractivity contribution is 7.84. The second-order valence-electron chi connectivity index (χ2n) is 6.91. The van der Waals surface area contributed by atoms with E-state index in [0.29, 0.717) is 23.7 Å². The average molecular weight is 442 g/mol. The zero-order valence-corrected chi connectivity index (χ0v) is 18.0. The van der Waals surface area contributed by atoms with Crippen LogP contribution in [0.25, 0.3) is 0 Å². The number of nitrogens with one attached hydrogen (secondary N) is 2. The molecule has 10 nitrogen and oxygen atoms in total. The van der Waals surface area contributed by atoms with Gasteiger partial charge >= 0.3 is 0 Å². The van der Waals surface area contributed by atoms with Crippen molar-refractivity contribution >= 4 is 40.1 Å². The van der Waals surface area contributed by atoms with E-state index in [0.717, 1.165) is 12.8 Å². The van der Waals surface area contributed by atoms with Gasteiger partial charge in [0.05, 0.1) is 0 Å². The molecule has 2 atom stereocenters. The summed E-state index contributed by atoms with van der Waals surface area (Å²) >= 11 is 0. The van der Waals surface area contributed by atoms with Crippen LogP contribution in [0, 0.1) is 11.8 Å². The summed E-state index contributed by atoms with van der Waals surface area (Å²) in [6.45, 7) is 2.74. The van der Waals surface area contributed by atoms with Gasteiger partial charge in [-0.1, -0.05) is 5.92 Å². The first-order chi connectivity index (χ1) is 14.9. The van der Waals surface area contributed by atoms with Crippen LogP contribution < -0.4 is 16.4 Å². The lowest BCUT2D eigenvalue weighted by molar-refractivity contribution is -0.126. The molecule has 3 rings (SSSR count). The van der Waals surface area contributed by atoms with Crippen LogP contribution in [0.4, 0.5) is 17.5 Å². The molecule has 2 amide bonds. The normalized spacial score (nSPS) is 16.6. The minimum Gasteiger partial charge on any atom is -0.364 e. The molecule has 0 bridgehead atoms. The van der Waals surface area contributed by atoms with E-state index in [9.17, 15) is 13.8 Å². The van der Waals surface area contributed by atoms with Crippen molar-refractivity contribution in [3.63, 3.8) is 0 Å². The van der Waals surface area contributed by atoms with Crippen molar-refractivity contribution in [3.8, 4) is 11.8 Å². The number of hydrogen-bond donors (Lipinski definition) is 3. The van der Waals surface area contributed by atoms with Gasteiger partial charge in [0.15, 0.2) is 11.5 Å². The molecule has 162 valence electrons. The van der Waals surface area contributed by atoms with Crippen molar-refractivity contribution in [2.75, 3.05) is 30.0 Å². The zero-order chi connectivity index (χ0) is 22.4. The van der Waals surface area contributed by atoms with Crippen LogP contribution in [0.15, 0.2) is 29.2 Å². The first-order valence-corrected chi connectivity index (χ1v) is 11.2. The van der Waals surface area contributed by atoms with Gasteiger partial charge in [-0.25, -0.2) is 0 Å². The summed E-state index contributed by atoms with van der Waals surface area (Å²) < 4.78 is 11.6. The Labute approximate surface area is 182 Å². The standard InChI is InChI=1S/C20H23N7O3S/c1-3-5-16(28)27-11-4-6-14(12-27)23-20-24-19(17(18(21)29)25-26-20)22-13-7-9-15(10-8-13)31(2)30/h7-10,14H,4,6,11-12H2,1-2H3,(H2,21,29)(H2,22,23,24,26). The summed E-state index contributed by atoms with van der Waals surface area (Å²) in [5.74, 6) is 4.55. The highest BCUT2D eigenvalue weighted by Crippen LogP contribution is 2.21. The Balaban J connectivity index is 1.77. The molecule has 1 aliphatic rings. The topological polar surface area (TPSA) is 143 Å². The van der Waals surface area contributed by atoms with E-state index in [1.54, 1.807) is 42.3 Å². The lowest BCUT2D eigenvalue weighted by Crippen LogP contribution is -2.45. The van der Waals surface area contributed by atoms with Crippen molar-refractivity contribution in [2.45, 2.75) is 30.7 Å². The predicted molar refractivity (Wildman–Crippen MR) is 117 cm³/mol. The number of benzene rings is 1. The molecule has 1 aromatic carbocycles. The number of anilines is 3. The first kappa shape index (κ1) is 22.2. The number of carbonyl (C=O) groups excluding carboxylic acids is 2. The number of primary amides is 1. The minimum atomic E-state index is -1.10. The Hall–Kier alpha value is -3.52. The molecule has 0 radical (unpaired) electrons. The maximum Gasteiger partial charge on any atom is 0.298 e. The monoisotopic (exact) mass is 441 g/mol. The van der Waals surface area contributed by atoms with Gasteiger partial charge in [0.2, 0.25) is 5.95 Å². The van der Waals surface area contributed by atoms with E-state index >= 15 is 0 Å². The molecule has 31 heavy (non-hydrogen) atoms. The fraction of sp³-hybridized carbons (Fsp3) is 0.350. The highest BCUT2D eigenvalue weighted by atomic mass is 32.2. The molecular weight excluding hydrogens is 418 g/mol. The predicted octanol–water partition coefficient (Wildman–Crippen LogP) is 0.878. The minimum absolute atomic E-state index is 0.0794. The van der Waals surface area contributed by atoms with Gasteiger partial charge in [-0.05, 0) is 50.0 Å². The fourth-order valence-corrected chi connectivity index (χ4v) is 3.67. The zero-order valence-electron chi connectivity index (χ0n) is 17.2. The van der Waals surface area contributed by atoms with Crippen LogP contribution in [0.3, 0.4) is 0 Å². The van der Waals surface area contributed by atoms with Crippen molar-refractivity contribution < 1.29 is 13.8 Å². The number of amides is 2. The molecule has 0 saturated carbocycles. The largest absolute Gasteiger partial charge is 0.364 e. The van der Waals surface area contributed by atoms with Gasteiger partial charge in [-0.2, -0.15) is 4.98 Å². The second kappa shape index (κ2) is 9.99. The number of nitrogens with zero attached hydrogens (tertiary/aromatic N) is 4. The molecule has 2 unspecified atom stereocenters. The van der Waals surface area contributed by atoms with E-state index in [-0.39, 0.29) is 29.4 Å². The van der Waals surface area contributed by atoms with Gasteiger partial charge in [0.25, 0.3) is 11.8 Å². The number of nitrogens with two attached hydrogens (primary N) is 1. The van der Waals surface area contributed by atoms with Gasteiger partial charge in [0, 0.05) is 46.8 Å². The lowest BCUT2D eigenvalue weighted by atomic mass is 10.1. The highest BCUT2D eigenvalue weighted by Gasteiger charge is 2.24. The molecule has 0 aliphatic carbocycles. The third-order valence-electron chi connectivity index (χ3n) is 4.64. The molecule has 4 N–H and O–H groups in total. The Morgan fingerprint density at radius 3 is 2.65 bits per heavy atom. The molecule has 11 heteroatoms. The van der Waals surface area contributed by atoms with Gasteiger partial charge in [-0.15, -0.1) is 10.2 Å². The van der Waals surface area contributed by atoms with Gasteiger partial charge < -0.3 is 21.3 Å². The second-order valence-corrected chi connectivity index (χ2v) is 8.29. The summed E-state index contributed by atoms with van der Waals surface area (Å²) in [6.07, 6.45) is 3.23. The summed E-state index contributed by atoms with van der Waals surface area (Å²) in [6, 6.07) is 6.78. The number of carbonyl (C=O) groups is 2. The van der Waals surface area contributed by atoms with E-state index in [1.165, 1.54) is 0 Å². The van der Waals surface area contributed by atoms with E-state index in [2.05, 4.69) is 37.7 Å². The quantitative estimate of drug-likeness (QED) is 0.561. The van der Waals surface area contributed by atoms with Crippen LogP contribution in [0.2, 0.25) is 0 Å². The van der Waals surface area contributed by atoms with E-state index in [1.807, 2.05) is 0 Å². The Morgan fingerprint density at radius 1 is 1.26 bits per heavy atom. The summed E-state index contributed by atoms with van der Waals surface area (Å²) in [5, 5.41) is 14.0.